The molecule has 0 saturated carbocycles. The van der Waals surface area contributed by atoms with E-state index in [9.17, 15) is 9.18 Å². The number of hydrogen-bond donors (Lipinski definition) is 1. The number of rotatable bonds is 8. The molecular weight excluding hydrogens is 249 g/mol. The summed E-state index contributed by atoms with van der Waals surface area (Å²) in [4.78, 5) is 11.5. The van der Waals surface area contributed by atoms with Gasteiger partial charge in [-0.15, -0.1) is 0 Å². The van der Waals surface area contributed by atoms with Gasteiger partial charge in [-0.05, 0) is 44.1 Å². The van der Waals surface area contributed by atoms with Gasteiger partial charge in [0.2, 0.25) is 0 Å². The van der Waals surface area contributed by atoms with Crippen molar-refractivity contribution in [3.8, 4) is 5.75 Å². The number of esters is 1. The Morgan fingerprint density at radius 2 is 2.16 bits per heavy atom. The van der Waals surface area contributed by atoms with E-state index in [0.29, 0.717) is 12.4 Å². The van der Waals surface area contributed by atoms with E-state index in [1.165, 1.54) is 19.2 Å². The maximum atomic E-state index is 13.1. The smallest absolute Gasteiger partial charge is 0.341 e. The van der Waals surface area contributed by atoms with E-state index in [1.807, 2.05) is 0 Å². The van der Waals surface area contributed by atoms with Crippen molar-refractivity contribution in [2.75, 3.05) is 26.8 Å². The Kier molecular flexibility index (Phi) is 6.89. The van der Waals surface area contributed by atoms with E-state index in [2.05, 4.69) is 17.0 Å². The molecule has 1 N–H and O–H groups in total. The quantitative estimate of drug-likeness (QED) is 0.581. The normalized spacial score (nSPS) is 10.3. The number of carbonyl (C=O) groups is 1. The summed E-state index contributed by atoms with van der Waals surface area (Å²) < 4.78 is 23.2. The molecule has 0 unspecified atom stereocenters. The molecule has 0 bridgehead atoms. The summed E-state index contributed by atoms with van der Waals surface area (Å²) in [5.41, 5.74) is 0.120. The van der Waals surface area contributed by atoms with Crippen LogP contribution in [0.2, 0.25) is 0 Å². The highest BCUT2D eigenvalue weighted by atomic mass is 19.1. The molecule has 19 heavy (non-hydrogen) atoms. The molecule has 0 amide bonds. The monoisotopic (exact) mass is 269 g/mol. The topological polar surface area (TPSA) is 47.6 Å². The van der Waals surface area contributed by atoms with Crippen molar-refractivity contribution in [3.63, 3.8) is 0 Å². The van der Waals surface area contributed by atoms with Crippen LogP contribution in [0, 0.1) is 5.82 Å². The summed E-state index contributed by atoms with van der Waals surface area (Å²) >= 11 is 0. The number of halogens is 1. The average Bonchev–Trinajstić information content (AvgIpc) is 2.43. The summed E-state index contributed by atoms with van der Waals surface area (Å²) in [5.74, 6) is -0.723. The van der Waals surface area contributed by atoms with E-state index >= 15 is 0 Å². The van der Waals surface area contributed by atoms with Crippen LogP contribution in [-0.2, 0) is 4.74 Å². The molecule has 1 aromatic rings. The highest BCUT2D eigenvalue weighted by Crippen LogP contribution is 2.20. The van der Waals surface area contributed by atoms with Gasteiger partial charge < -0.3 is 14.8 Å². The Bertz CT molecular complexity index is 410. The fraction of sp³-hybridized carbons (Fsp3) is 0.500. The predicted octanol–water partition coefficient (Wildman–Crippen LogP) is 2.38. The van der Waals surface area contributed by atoms with Gasteiger partial charge in [0, 0.05) is 0 Å². The van der Waals surface area contributed by atoms with E-state index < -0.39 is 11.8 Å². The molecule has 4 nitrogen and oxygen atoms in total. The van der Waals surface area contributed by atoms with Gasteiger partial charge in [0.25, 0.3) is 0 Å². The van der Waals surface area contributed by atoms with Crippen LogP contribution < -0.4 is 10.1 Å². The van der Waals surface area contributed by atoms with Crippen LogP contribution in [0.25, 0.3) is 0 Å². The molecule has 5 heteroatoms. The predicted molar refractivity (Wildman–Crippen MR) is 71.0 cm³/mol. The molecule has 0 atom stereocenters. The van der Waals surface area contributed by atoms with Crippen molar-refractivity contribution in [2.45, 2.75) is 19.8 Å². The van der Waals surface area contributed by atoms with Crippen LogP contribution in [0.4, 0.5) is 4.39 Å². The summed E-state index contributed by atoms with van der Waals surface area (Å²) in [7, 11) is 1.26. The summed E-state index contributed by atoms with van der Waals surface area (Å²) in [6.07, 6.45) is 1.85. The maximum absolute atomic E-state index is 13.1. The number of nitrogens with one attached hydrogen (secondary N) is 1. The molecule has 1 aromatic carbocycles. The van der Waals surface area contributed by atoms with Crippen LogP contribution in [0.1, 0.15) is 30.1 Å². The Labute approximate surface area is 112 Å². The first kappa shape index (κ1) is 15.4. The minimum absolute atomic E-state index is 0.120. The molecule has 0 radical (unpaired) electrons. The van der Waals surface area contributed by atoms with Crippen LogP contribution in [0.15, 0.2) is 18.2 Å². The lowest BCUT2D eigenvalue weighted by Gasteiger charge is -2.10. The highest BCUT2D eigenvalue weighted by Gasteiger charge is 2.14. The molecule has 1 rings (SSSR count). The molecule has 0 saturated heterocycles. The van der Waals surface area contributed by atoms with Crippen molar-refractivity contribution in [1.82, 2.24) is 5.32 Å². The number of ether oxygens (including phenoxy) is 2. The fourth-order valence-corrected chi connectivity index (χ4v) is 1.61. The number of unbranched alkanes of at least 4 members (excludes halogenated alkanes) is 1. The first-order valence-corrected chi connectivity index (χ1v) is 6.40. The second kappa shape index (κ2) is 8.48. The van der Waals surface area contributed by atoms with Crippen molar-refractivity contribution in [2.24, 2.45) is 0 Å². The molecular formula is C14H20FNO3. The SMILES string of the molecule is CCNCCCCOc1ccc(F)cc1C(=O)OC. The van der Waals surface area contributed by atoms with Gasteiger partial charge in [-0.2, -0.15) is 0 Å². The highest BCUT2D eigenvalue weighted by molar-refractivity contribution is 5.92. The minimum atomic E-state index is -0.595. The lowest BCUT2D eigenvalue weighted by Crippen LogP contribution is -2.15. The molecule has 0 heterocycles. The van der Waals surface area contributed by atoms with Gasteiger partial charge in [-0.25, -0.2) is 9.18 Å². The van der Waals surface area contributed by atoms with Crippen LogP contribution in [0.3, 0.4) is 0 Å². The van der Waals surface area contributed by atoms with E-state index in [0.717, 1.165) is 32.0 Å². The summed E-state index contributed by atoms with van der Waals surface area (Å²) in [6.45, 7) is 4.43. The number of hydrogen-bond acceptors (Lipinski definition) is 4. The van der Waals surface area contributed by atoms with Crippen LogP contribution in [-0.4, -0.2) is 32.8 Å². The largest absolute Gasteiger partial charge is 0.493 e. The van der Waals surface area contributed by atoms with Crippen molar-refractivity contribution in [3.05, 3.63) is 29.6 Å². The van der Waals surface area contributed by atoms with E-state index in [1.54, 1.807) is 0 Å². The second-order valence-electron chi connectivity index (χ2n) is 4.04. The van der Waals surface area contributed by atoms with Gasteiger partial charge in [0.1, 0.15) is 17.1 Å². The van der Waals surface area contributed by atoms with Gasteiger partial charge in [0.15, 0.2) is 0 Å². The first-order chi connectivity index (χ1) is 9.19. The third-order valence-electron chi connectivity index (χ3n) is 2.60. The van der Waals surface area contributed by atoms with Crippen LogP contribution >= 0.6 is 0 Å². The second-order valence-corrected chi connectivity index (χ2v) is 4.04. The Morgan fingerprint density at radius 3 is 2.84 bits per heavy atom. The fourth-order valence-electron chi connectivity index (χ4n) is 1.61. The minimum Gasteiger partial charge on any atom is -0.493 e. The lowest BCUT2D eigenvalue weighted by molar-refractivity contribution is 0.0595. The van der Waals surface area contributed by atoms with Gasteiger partial charge in [-0.1, -0.05) is 6.92 Å². The molecule has 0 spiro atoms. The molecule has 0 aliphatic rings. The van der Waals surface area contributed by atoms with Gasteiger partial charge in [0.05, 0.1) is 13.7 Å². The number of carbonyl (C=O) groups excluding carboxylic acids is 1. The van der Waals surface area contributed by atoms with Crippen molar-refractivity contribution in [1.29, 1.82) is 0 Å². The maximum Gasteiger partial charge on any atom is 0.341 e. The number of methoxy groups -OCH3 is 1. The molecule has 106 valence electrons. The Hall–Kier alpha value is -1.62. The summed E-state index contributed by atoms with van der Waals surface area (Å²) in [5, 5.41) is 3.21. The zero-order valence-electron chi connectivity index (χ0n) is 11.4. The average molecular weight is 269 g/mol. The van der Waals surface area contributed by atoms with E-state index in [4.69, 9.17) is 4.74 Å². The number of benzene rings is 1. The van der Waals surface area contributed by atoms with Crippen LogP contribution in [0.5, 0.6) is 5.75 Å². The zero-order chi connectivity index (χ0) is 14.1. The zero-order valence-corrected chi connectivity index (χ0v) is 11.4. The van der Waals surface area contributed by atoms with Crippen molar-refractivity contribution >= 4 is 5.97 Å². The lowest BCUT2D eigenvalue weighted by atomic mass is 10.2. The Balaban J connectivity index is 2.50. The third-order valence-corrected chi connectivity index (χ3v) is 2.60. The first-order valence-electron chi connectivity index (χ1n) is 6.40. The van der Waals surface area contributed by atoms with Gasteiger partial charge in [-0.3, -0.25) is 0 Å². The molecule has 0 aliphatic heterocycles. The molecule has 0 fully saturated rings. The van der Waals surface area contributed by atoms with E-state index in [-0.39, 0.29) is 5.56 Å². The van der Waals surface area contributed by atoms with Crippen molar-refractivity contribution < 1.29 is 18.7 Å². The standard InChI is InChI=1S/C14H20FNO3/c1-3-16-8-4-5-9-19-13-7-6-11(15)10-12(13)14(17)18-2/h6-7,10,16H,3-5,8-9H2,1-2H3. The summed E-state index contributed by atoms with van der Waals surface area (Å²) in [6, 6.07) is 3.84. The molecule has 0 aromatic heterocycles. The van der Waals surface area contributed by atoms with Gasteiger partial charge >= 0.3 is 5.97 Å². The molecule has 0 aliphatic carbocycles. The third kappa shape index (κ3) is 5.26. The Morgan fingerprint density at radius 1 is 1.37 bits per heavy atom.